The predicted octanol–water partition coefficient (Wildman–Crippen LogP) is 2.51. The molecule has 17 heavy (non-hydrogen) atoms. The first-order valence-corrected chi connectivity index (χ1v) is 7.32. The minimum absolute atomic E-state index is 0.0727. The van der Waals surface area contributed by atoms with Gasteiger partial charge in [-0.2, -0.15) is 0 Å². The Balaban J connectivity index is 1.94. The molecule has 2 unspecified atom stereocenters. The minimum atomic E-state index is 0.0727. The van der Waals surface area contributed by atoms with Crippen LogP contribution >= 0.6 is 0 Å². The van der Waals surface area contributed by atoms with Crippen molar-refractivity contribution >= 4 is 5.91 Å². The van der Waals surface area contributed by atoms with Crippen LogP contribution in [-0.2, 0) is 4.79 Å². The van der Waals surface area contributed by atoms with Gasteiger partial charge in [-0.3, -0.25) is 10.1 Å². The highest BCUT2D eigenvalue weighted by molar-refractivity contribution is 5.84. The topological polar surface area (TPSA) is 32.3 Å². The Bertz CT molecular complexity index is 261. The van der Waals surface area contributed by atoms with Crippen molar-refractivity contribution in [3.05, 3.63) is 0 Å². The molecule has 0 radical (unpaired) electrons. The molecule has 3 heteroatoms. The van der Waals surface area contributed by atoms with Crippen LogP contribution in [0.2, 0.25) is 0 Å². The molecule has 1 heterocycles. The lowest BCUT2D eigenvalue weighted by Gasteiger charge is -2.30. The number of nitrogens with zero attached hydrogens (tertiary/aromatic N) is 1. The van der Waals surface area contributed by atoms with Gasteiger partial charge in [0.1, 0.15) is 0 Å². The molecule has 1 saturated heterocycles. The molecular weight excluding hydrogens is 212 g/mol. The molecule has 1 N–H and O–H groups in total. The molecule has 1 aliphatic heterocycles. The summed E-state index contributed by atoms with van der Waals surface area (Å²) in [7, 11) is 0. The van der Waals surface area contributed by atoms with Gasteiger partial charge in [-0.05, 0) is 31.6 Å². The van der Waals surface area contributed by atoms with Crippen molar-refractivity contribution in [2.24, 2.45) is 5.92 Å². The normalized spacial score (nSPS) is 31.2. The van der Waals surface area contributed by atoms with Gasteiger partial charge in [-0.1, -0.05) is 33.1 Å². The Hall–Kier alpha value is -0.570. The van der Waals surface area contributed by atoms with Crippen LogP contribution in [0.4, 0.5) is 0 Å². The first-order chi connectivity index (χ1) is 8.26. The third-order valence-electron chi connectivity index (χ3n) is 4.33. The van der Waals surface area contributed by atoms with Gasteiger partial charge in [0, 0.05) is 6.54 Å². The van der Waals surface area contributed by atoms with Crippen molar-refractivity contribution in [3.63, 3.8) is 0 Å². The van der Waals surface area contributed by atoms with E-state index < -0.39 is 0 Å². The van der Waals surface area contributed by atoms with Crippen molar-refractivity contribution in [1.82, 2.24) is 10.2 Å². The molecular formula is C14H26N2O. The highest BCUT2D eigenvalue weighted by atomic mass is 16.2. The molecule has 2 aliphatic rings. The molecule has 3 nitrogen and oxygen atoms in total. The van der Waals surface area contributed by atoms with Crippen LogP contribution in [0.3, 0.4) is 0 Å². The van der Waals surface area contributed by atoms with Crippen molar-refractivity contribution in [2.45, 2.75) is 71.0 Å². The van der Waals surface area contributed by atoms with Gasteiger partial charge < -0.3 is 4.90 Å². The lowest BCUT2D eigenvalue weighted by Crippen LogP contribution is -2.40. The summed E-state index contributed by atoms with van der Waals surface area (Å²) in [5.41, 5.74) is 0. The van der Waals surface area contributed by atoms with E-state index >= 15 is 0 Å². The fourth-order valence-electron chi connectivity index (χ4n) is 3.24. The third-order valence-corrected chi connectivity index (χ3v) is 4.33. The van der Waals surface area contributed by atoms with Gasteiger partial charge in [-0.25, -0.2) is 0 Å². The molecule has 2 atom stereocenters. The average molecular weight is 238 g/mol. The van der Waals surface area contributed by atoms with E-state index in [1.165, 1.54) is 32.1 Å². The Labute approximate surface area is 105 Å². The summed E-state index contributed by atoms with van der Waals surface area (Å²) < 4.78 is 0. The summed E-state index contributed by atoms with van der Waals surface area (Å²) >= 11 is 0. The van der Waals surface area contributed by atoms with E-state index in [9.17, 15) is 4.79 Å². The summed E-state index contributed by atoms with van der Waals surface area (Å²) in [6, 6.07) is 0.0727. The number of amides is 1. The van der Waals surface area contributed by atoms with Crippen LogP contribution in [0.25, 0.3) is 0 Å². The quantitative estimate of drug-likeness (QED) is 0.816. The average Bonchev–Trinajstić information content (AvgIpc) is 2.68. The Morgan fingerprint density at radius 1 is 1.18 bits per heavy atom. The molecule has 0 spiro atoms. The van der Waals surface area contributed by atoms with Crippen LogP contribution in [-0.4, -0.2) is 29.6 Å². The predicted molar refractivity (Wildman–Crippen MR) is 69.6 cm³/mol. The standard InChI is InChI=1S/C14H26N2O/c1-3-12-14(17)16(13(4-2)15-12)10-11-8-6-5-7-9-11/h11-13,15H,3-10H2,1-2H3. The smallest absolute Gasteiger partial charge is 0.241 e. The molecule has 0 aromatic rings. The molecule has 0 bridgehead atoms. The number of rotatable bonds is 4. The zero-order valence-electron chi connectivity index (χ0n) is 11.2. The number of carbonyl (C=O) groups excluding carboxylic acids is 1. The summed E-state index contributed by atoms with van der Waals surface area (Å²) in [6.45, 7) is 5.24. The number of hydrogen-bond acceptors (Lipinski definition) is 2. The summed E-state index contributed by atoms with van der Waals surface area (Å²) in [5.74, 6) is 1.09. The molecule has 1 aliphatic carbocycles. The maximum atomic E-state index is 12.2. The van der Waals surface area contributed by atoms with E-state index in [4.69, 9.17) is 0 Å². The second kappa shape index (κ2) is 5.85. The van der Waals surface area contributed by atoms with Crippen LogP contribution < -0.4 is 5.32 Å². The molecule has 1 amide bonds. The van der Waals surface area contributed by atoms with Crippen LogP contribution in [0.15, 0.2) is 0 Å². The van der Waals surface area contributed by atoms with E-state index in [-0.39, 0.29) is 12.2 Å². The van der Waals surface area contributed by atoms with Crippen molar-refractivity contribution in [1.29, 1.82) is 0 Å². The lowest BCUT2D eigenvalue weighted by molar-refractivity contribution is -0.130. The highest BCUT2D eigenvalue weighted by Crippen LogP contribution is 2.27. The fraction of sp³-hybridized carbons (Fsp3) is 0.929. The second-order valence-electron chi connectivity index (χ2n) is 5.55. The van der Waals surface area contributed by atoms with Crippen LogP contribution in [0.5, 0.6) is 0 Å². The second-order valence-corrected chi connectivity index (χ2v) is 5.55. The Morgan fingerprint density at radius 2 is 1.88 bits per heavy atom. The summed E-state index contributed by atoms with van der Waals surface area (Å²) in [6.07, 6.45) is 8.95. The SMILES string of the molecule is CCC1NC(CC)N(CC2CCCCC2)C1=O. The molecule has 98 valence electrons. The van der Waals surface area contributed by atoms with Crippen LogP contribution in [0.1, 0.15) is 58.8 Å². The van der Waals surface area contributed by atoms with E-state index in [1.807, 2.05) is 0 Å². The van der Waals surface area contributed by atoms with Crippen molar-refractivity contribution in [3.8, 4) is 0 Å². The minimum Gasteiger partial charge on any atom is -0.326 e. The fourth-order valence-corrected chi connectivity index (χ4v) is 3.24. The first kappa shape index (κ1) is 12.9. The van der Waals surface area contributed by atoms with E-state index in [1.54, 1.807) is 0 Å². The number of nitrogens with one attached hydrogen (secondary N) is 1. The maximum Gasteiger partial charge on any atom is 0.241 e. The monoisotopic (exact) mass is 238 g/mol. The molecule has 2 rings (SSSR count). The van der Waals surface area contributed by atoms with Gasteiger partial charge in [0.15, 0.2) is 0 Å². The maximum absolute atomic E-state index is 12.2. The van der Waals surface area contributed by atoms with E-state index in [2.05, 4.69) is 24.1 Å². The van der Waals surface area contributed by atoms with Gasteiger partial charge in [-0.15, -0.1) is 0 Å². The van der Waals surface area contributed by atoms with E-state index in [0.717, 1.165) is 25.3 Å². The van der Waals surface area contributed by atoms with Crippen molar-refractivity contribution < 1.29 is 4.79 Å². The van der Waals surface area contributed by atoms with Crippen molar-refractivity contribution in [2.75, 3.05) is 6.54 Å². The van der Waals surface area contributed by atoms with Gasteiger partial charge in [0.05, 0.1) is 12.2 Å². The van der Waals surface area contributed by atoms with E-state index in [0.29, 0.717) is 5.91 Å². The lowest BCUT2D eigenvalue weighted by atomic mass is 9.89. The molecule has 0 aromatic carbocycles. The number of carbonyl (C=O) groups is 1. The third kappa shape index (κ3) is 2.82. The first-order valence-electron chi connectivity index (χ1n) is 7.32. The molecule has 1 saturated carbocycles. The zero-order chi connectivity index (χ0) is 12.3. The number of hydrogen-bond donors (Lipinski definition) is 1. The highest BCUT2D eigenvalue weighted by Gasteiger charge is 2.37. The Morgan fingerprint density at radius 3 is 2.47 bits per heavy atom. The van der Waals surface area contributed by atoms with Gasteiger partial charge >= 0.3 is 0 Å². The largest absolute Gasteiger partial charge is 0.326 e. The van der Waals surface area contributed by atoms with Crippen LogP contribution in [0, 0.1) is 5.92 Å². The molecule has 2 fully saturated rings. The van der Waals surface area contributed by atoms with Gasteiger partial charge in [0.2, 0.25) is 5.91 Å². The molecule has 0 aromatic heterocycles. The zero-order valence-corrected chi connectivity index (χ0v) is 11.2. The summed E-state index contributed by atoms with van der Waals surface area (Å²) in [4.78, 5) is 14.4. The van der Waals surface area contributed by atoms with Gasteiger partial charge in [0.25, 0.3) is 0 Å². The Kier molecular flexibility index (Phi) is 4.43. The summed E-state index contributed by atoms with van der Waals surface area (Å²) in [5, 5.41) is 3.46.